The number of alkyl halides is 6. The van der Waals surface area contributed by atoms with Crippen LogP contribution < -0.4 is 5.32 Å². The Morgan fingerprint density at radius 1 is 0.865 bits per heavy atom. The van der Waals surface area contributed by atoms with Crippen LogP contribution in [0.25, 0.3) is 0 Å². The highest BCUT2D eigenvalue weighted by atomic mass is 32.2. The summed E-state index contributed by atoms with van der Waals surface area (Å²) in [6.45, 7) is 0. The Labute approximate surface area is 207 Å². The van der Waals surface area contributed by atoms with Crippen LogP contribution in [0.2, 0.25) is 0 Å². The van der Waals surface area contributed by atoms with Crippen LogP contribution in [0.15, 0.2) is 46.2 Å². The molecule has 2 aromatic carbocycles. The Morgan fingerprint density at radius 2 is 1.46 bits per heavy atom. The molecule has 0 aliphatic heterocycles. The summed E-state index contributed by atoms with van der Waals surface area (Å²) in [4.78, 5) is 11.2. The summed E-state index contributed by atoms with van der Waals surface area (Å²) in [5.74, 6) is -2.59. The SMILES string of the molecule is CS(=O)(=O)c1cc(C(F)(F)F)ccc1C(=O)NC1CCC(S(=O)(=O)c2ccc(F)c(C(F)(F)F)c2)CC1. The zero-order valence-corrected chi connectivity index (χ0v) is 20.6. The van der Waals surface area contributed by atoms with Crippen molar-refractivity contribution in [3.8, 4) is 0 Å². The van der Waals surface area contributed by atoms with Gasteiger partial charge < -0.3 is 5.32 Å². The number of rotatable bonds is 5. The van der Waals surface area contributed by atoms with Crippen LogP contribution in [-0.4, -0.2) is 40.3 Å². The molecule has 3 rings (SSSR count). The summed E-state index contributed by atoms with van der Waals surface area (Å²) in [5.41, 5.74) is -3.49. The van der Waals surface area contributed by atoms with E-state index >= 15 is 0 Å². The van der Waals surface area contributed by atoms with Gasteiger partial charge in [-0.05, 0) is 62.1 Å². The van der Waals surface area contributed by atoms with Gasteiger partial charge in [-0.3, -0.25) is 4.79 Å². The molecule has 0 atom stereocenters. The van der Waals surface area contributed by atoms with Crippen molar-refractivity contribution < 1.29 is 52.4 Å². The minimum absolute atomic E-state index is 0.0395. The maximum absolute atomic E-state index is 13.5. The molecule has 0 aromatic heterocycles. The fraction of sp³-hybridized carbons (Fsp3) is 0.409. The minimum atomic E-state index is -5.10. The highest BCUT2D eigenvalue weighted by molar-refractivity contribution is 7.92. The zero-order valence-electron chi connectivity index (χ0n) is 19.0. The number of amides is 1. The number of benzene rings is 2. The molecule has 1 fully saturated rings. The van der Waals surface area contributed by atoms with Gasteiger partial charge in [0, 0.05) is 12.3 Å². The largest absolute Gasteiger partial charge is 0.419 e. The minimum Gasteiger partial charge on any atom is -0.349 e. The molecule has 1 N–H and O–H groups in total. The second-order valence-electron chi connectivity index (χ2n) is 8.61. The van der Waals surface area contributed by atoms with E-state index in [9.17, 15) is 52.4 Å². The molecular weight excluding hydrogens is 555 g/mol. The molecule has 37 heavy (non-hydrogen) atoms. The summed E-state index contributed by atoms with van der Waals surface area (Å²) in [7, 11) is -8.50. The second-order valence-corrected chi connectivity index (χ2v) is 12.8. The van der Waals surface area contributed by atoms with Gasteiger partial charge in [0.2, 0.25) is 0 Å². The van der Waals surface area contributed by atoms with Gasteiger partial charge >= 0.3 is 12.4 Å². The van der Waals surface area contributed by atoms with E-state index in [2.05, 4.69) is 5.32 Å². The zero-order chi connectivity index (χ0) is 28.0. The Bertz CT molecular complexity index is 1410. The molecule has 1 aliphatic rings. The van der Waals surface area contributed by atoms with Gasteiger partial charge in [-0.1, -0.05) is 0 Å². The third-order valence-electron chi connectivity index (χ3n) is 5.97. The molecule has 0 spiro atoms. The molecular formula is C22H20F7NO5S2. The van der Waals surface area contributed by atoms with Crippen molar-refractivity contribution in [2.75, 3.05) is 6.26 Å². The third kappa shape index (κ3) is 6.43. The number of sulfone groups is 2. The molecule has 204 valence electrons. The monoisotopic (exact) mass is 575 g/mol. The normalized spacial score (nSPS) is 19.5. The second kappa shape index (κ2) is 9.89. The van der Waals surface area contributed by atoms with Crippen molar-refractivity contribution in [2.24, 2.45) is 0 Å². The standard InChI is InChI=1S/C22H20F7NO5S2/c1-36(32,33)19-10-12(21(24,25)26)2-8-16(19)20(31)30-13-3-5-14(6-4-13)37(34,35)15-7-9-18(23)17(11-15)22(27,28)29/h2,7-11,13-14H,3-6H2,1H3,(H,30,31). The lowest BCUT2D eigenvalue weighted by Crippen LogP contribution is -2.40. The number of hydrogen-bond acceptors (Lipinski definition) is 5. The lowest BCUT2D eigenvalue weighted by Gasteiger charge is -2.29. The van der Waals surface area contributed by atoms with Gasteiger partial charge in [0.05, 0.1) is 31.7 Å². The maximum atomic E-state index is 13.5. The summed E-state index contributed by atoms with van der Waals surface area (Å²) < 4.78 is 141. The summed E-state index contributed by atoms with van der Waals surface area (Å²) in [6, 6.07) is 2.37. The number of carbonyl (C=O) groups excluding carboxylic acids is 1. The summed E-state index contributed by atoms with van der Waals surface area (Å²) >= 11 is 0. The summed E-state index contributed by atoms with van der Waals surface area (Å²) in [6.07, 6.45) is -9.38. The Kier molecular flexibility index (Phi) is 7.72. The quantitative estimate of drug-likeness (QED) is 0.409. The van der Waals surface area contributed by atoms with Crippen LogP contribution in [0.1, 0.15) is 47.2 Å². The average Bonchev–Trinajstić information content (AvgIpc) is 2.77. The maximum Gasteiger partial charge on any atom is 0.419 e. The Balaban J connectivity index is 1.75. The highest BCUT2D eigenvalue weighted by Gasteiger charge is 2.38. The number of hydrogen-bond donors (Lipinski definition) is 1. The lowest BCUT2D eigenvalue weighted by atomic mass is 9.94. The van der Waals surface area contributed by atoms with Crippen LogP contribution in [-0.2, 0) is 32.0 Å². The smallest absolute Gasteiger partial charge is 0.349 e. The highest BCUT2D eigenvalue weighted by Crippen LogP contribution is 2.36. The van der Waals surface area contributed by atoms with Gasteiger partial charge in [-0.25, -0.2) is 21.2 Å². The predicted octanol–water partition coefficient (Wildman–Crippen LogP) is 4.78. The molecule has 0 radical (unpaired) electrons. The van der Waals surface area contributed by atoms with E-state index in [1.165, 1.54) is 0 Å². The molecule has 1 amide bonds. The molecule has 6 nitrogen and oxygen atoms in total. The molecule has 1 saturated carbocycles. The molecule has 0 bridgehead atoms. The van der Waals surface area contributed by atoms with Crippen LogP contribution >= 0.6 is 0 Å². The van der Waals surface area contributed by atoms with Crippen LogP contribution in [0.5, 0.6) is 0 Å². The van der Waals surface area contributed by atoms with E-state index in [0.29, 0.717) is 24.5 Å². The van der Waals surface area contributed by atoms with Gasteiger partial charge in [0.25, 0.3) is 5.91 Å². The molecule has 1 aliphatic carbocycles. The Morgan fingerprint density at radius 3 is 1.97 bits per heavy atom. The van der Waals surface area contributed by atoms with Gasteiger partial charge in [-0.15, -0.1) is 0 Å². The van der Waals surface area contributed by atoms with Crippen LogP contribution in [0.3, 0.4) is 0 Å². The van der Waals surface area contributed by atoms with Crippen LogP contribution in [0.4, 0.5) is 30.7 Å². The third-order valence-corrected chi connectivity index (χ3v) is 9.37. The molecule has 0 heterocycles. The number of carbonyl (C=O) groups is 1. The first-order chi connectivity index (χ1) is 16.8. The van der Waals surface area contributed by atoms with Crippen molar-refractivity contribution in [2.45, 2.75) is 59.1 Å². The fourth-order valence-corrected chi connectivity index (χ4v) is 6.78. The van der Waals surface area contributed by atoms with Crippen LogP contribution in [0, 0.1) is 5.82 Å². The first-order valence-electron chi connectivity index (χ1n) is 10.6. The van der Waals surface area contributed by atoms with E-state index < -0.39 is 81.5 Å². The topological polar surface area (TPSA) is 97.4 Å². The van der Waals surface area contributed by atoms with E-state index in [0.717, 1.165) is 12.1 Å². The Hall–Kier alpha value is -2.68. The van der Waals surface area contributed by atoms with Crippen molar-refractivity contribution in [1.29, 1.82) is 0 Å². The van der Waals surface area contributed by atoms with E-state index in [4.69, 9.17) is 0 Å². The number of nitrogens with one attached hydrogen (secondary N) is 1. The van der Waals surface area contributed by atoms with Gasteiger partial charge in [0.15, 0.2) is 19.7 Å². The average molecular weight is 576 g/mol. The first kappa shape index (κ1) is 28.9. The first-order valence-corrected chi connectivity index (χ1v) is 14.1. The van der Waals surface area contributed by atoms with Gasteiger partial charge in [-0.2, -0.15) is 26.3 Å². The molecule has 0 saturated heterocycles. The number of halogens is 7. The predicted molar refractivity (Wildman–Crippen MR) is 117 cm³/mol. The van der Waals surface area contributed by atoms with Crippen molar-refractivity contribution >= 4 is 25.6 Å². The summed E-state index contributed by atoms with van der Waals surface area (Å²) in [5, 5.41) is 1.36. The molecule has 0 unspecified atom stereocenters. The molecule has 15 heteroatoms. The van der Waals surface area contributed by atoms with Crippen molar-refractivity contribution in [3.63, 3.8) is 0 Å². The fourth-order valence-electron chi connectivity index (χ4n) is 4.06. The van der Waals surface area contributed by atoms with E-state index in [1.807, 2.05) is 0 Å². The van der Waals surface area contributed by atoms with E-state index in [1.54, 1.807) is 0 Å². The van der Waals surface area contributed by atoms with Crippen molar-refractivity contribution in [3.05, 3.63) is 58.9 Å². The van der Waals surface area contributed by atoms with E-state index in [-0.39, 0.29) is 31.7 Å². The van der Waals surface area contributed by atoms with Crippen molar-refractivity contribution in [1.82, 2.24) is 5.32 Å². The van der Waals surface area contributed by atoms with Gasteiger partial charge in [0.1, 0.15) is 5.82 Å². The lowest BCUT2D eigenvalue weighted by molar-refractivity contribution is -0.140. The molecule has 2 aromatic rings.